The lowest BCUT2D eigenvalue weighted by molar-refractivity contribution is -0.141. The molecule has 0 aliphatic heterocycles. The fourth-order valence-electron chi connectivity index (χ4n) is 1.23. The molecule has 6 heteroatoms. The maximum Gasteiger partial charge on any atom is 0.326 e. The molecule has 1 N–H and O–H groups in total. The van der Waals surface area contributed by atoms with Crippen molar-refractivity contribution < 1.29 is 14.7 Å². The van der Waals surface area contributed by atoms with Gasteiger partial charge in [0.1, 0.15) is 10.9 Å². The average Bonchev–Trinajstić information content (AvgIpc) is 2.54. The van der Waals surface area contributed by atoms with Gasteiger partial charge in [-0.3, -0.25) is 4.79 Å². The van der Waals surface area contributed by atoms with E-state index in [4.69, 9.17) is 5.11 Å². The van der Waals surface area contributed by atoms with Gasteiger partial charge in [-0.05, 0) is 20.8 Å². The molecular weight excluding hydrogens is 228 g/mol. The molecule has 1 aromatic rings. The van der Waals surface area contributed by atoms with Crippen LogP contribution in [0.4, 0.5) is 0 Å². The summed E-state index contributed by atoms with van der Waals surface area (Å²) in [6.07, 6.45) is 0. The highest BCUT2D eigenvalue weighted by atomic mass is 32.1. The number of rotatable bonds is 3. The molecule has 16 heavy (non-hydrogen) atoms. The van der Waals surface area contributed by atoms with Crippen molar-refractivity contribution in [1.29, 1.82) is 0 Å². The van der Waals surface area contributed by atoms with Gasteiger partial charge in [0.05, 0.1) is 10.7 Å². The minimum atomic E-state index is -1.02. The molecule has 1 atom stereocenters. The first-order chi connectivity index (χ1) is 7.34. The summed E-state index contributed by atoms with van der Waals surface area (Å²) in [7, 11) is 1.48. The van der Waals surface area contributed by atoms with Crippen molar-refractivity contribution in [2.45, 2.75) is 26.8 Å². The molecule has 0 aliphatic carbocycles. The minimum Gasteiger partial charge on any atom is -0.480 e. The largest absolute Gasteiger partial charge is 0.480 e. The van der Waals surface area contributed by atoms with Crippen molar-refractivity contribution in [1.82, 2.24) is 9.88 Å². The number of hydrogen-bond donors (Lipinski definition) is 1. The number of nitrogens with zero attached hydrogens (tertiary/aromatic N) is 2. The number of likely N-dealkylation sites (N-methyl/N-ethyl adjacent to an activating group) is 1. The van der Waals surface area contributed by atoms with Gasteiger partial charge in [-0.25, -0.2) is 9.78 Å². The Morgan fingerprint density at radius 3 is 2.38 bits per heavy atom. The summed E-state index contributed by atoms with van der Waals surface area (Å²) in [6, 6.07) is -0.839. The van der Waals surface area contributed by atoms with Crippen molar-refractivity contribution in [3.05, 3.63) is 15.6 Å². The molecule has 0 aliphatic rings. The third-order valence-electron chi connectivity index (χ3n) is 2.36. The summed E-state index contributed by atoms with van der Waals surface area (Å²) < 4.78 is 0. The minimum absolute atomic E-state index is 0.294. The van der Waals surface area contributed by atoms with Crippen LogP contribution in [0.25, 0.3) is 0 Å². The highest BCUT2D eigenvalue weighted by Crippen LogP contribution is 2.19. The number of carbonyl (C=O) groups excluding carboxylic acids is 1. The Morgan fingerprint density at radius 2 is 2.00 bits per heavy atom. The molecule has 1 unspecified atom stereocenters. The van der Waals surface area contributed by atoms with Crippen LogP contribution < -0.4 is 0 Å². The molecule has 88 valence electrons. The Bertz CT molecular complexity index is 428. The van der Waals surface area contributed by atoms with E-state index >= 15 is 0 Å². The van der Waals surface area contributed by atoms with E-state index in [2.05, 4.69) is 4.98 Å². The van der Waals surface area contributed by atoms with Crippen LogP contribution >= 0.6 is 11.3 Å². The van der Waals surface area contributed by atoms with Gasteiger partial charge in [0.25, 0.3) is 5.91 Å². The van der Waals surface area contributed by atoms with Crippen molar-refractivity contribution in [2.24, 2.45) is 0 Å². The van der Waals surface area contributed by atoms with Crippen molar-refractivity contribution in [3.8, 4) is 0 Å². The third kappa shape index (κ3) is 2.38. The molecular formula is C10H14N2O3S. The predicted molar refractivity (Wildman–Crippen MR) is 60.8 cm³/mol. The number of thiazole rings is 1. The molecule has 0 aromatic carbocycles. The fraction of sp³-hybridized carbons (Fsp3) is 0.500. The molecule has 0 fully saturated rings. The number of aromatic nitrogens is 1. The molecule has 1 amide bonds. The summed E-state index contributed by atoms with van der Waals surface area (Å²) in [4.78, 5) is 28.6. The van der Waals surface area contributed by atoms with Gasteiger partial charge in [0.2, 0.25) is 0 Å². The maximum atomic E-state index is 12.0. The number of carbonyl (C=O) groups is 2. The maximum absolute atomic E-state index is 12.0. The third-order valence-corrected chi connectivity index (χ3v) is 3.42. The number of aryl methyl sites for hydroxylation is 2. The molecule has 0 saturated heterocycles. The van der Waals surface area contributed by atoms with E-state index in [0.717, 1.165) is 5.01 Å². The van der Waals surface area contributed by atoms with Gasteiger partial charge in [0, 0.05) is 7.05 Å². The molecule has 0 spiro atoms. The van der Waals surface area contributed by atoms with Crippen LogP contribution in [0.2, 0.25) is 0 Å². The van der Waals surface area contributed by atoms with E-state index < -0.39 is 12.0 Å². The van der Waals surface area contributed by atoms with Gasteiger partial charge in [-0.1, -0.05) is 0 Å². The van der Waals surface area contributed by atoms with E-state index in [1.807, 2.05) is 6.92 Å². The van der Waals surface area contributed by atoms with Crippen LogP contribution in [0.1, 0.15) is 27.3 Å². The number of aliphatic carboxylic acids is 1. The van der Waals surface area contributed by atoms with Crippen LogP contribution in [-0.2, 0) is 4.79 Å². The number of hydrogen-bond acceptors (Lipinski definition) is 4. The van der Waals surface area contributed by atoms with Gasteiger partial charge in [-0.2, -0.15) is 0 Å². The van der Waals surface area contributed by atoms with Crippen molar-refractivity contribution in [2.75, 3.05) is 7.05 Å². The van der Waals surface area contributed by atoms with Crippen LogP contribution in [0.3, 0.4) is 0 Å². The smallest absolute Gasteiger partial charge is 0.326 e. The first-order valence-electron chi connectivity index (χ1n) is 4.78. The summed E-state index contributed by atoms with van der Waals surface area (Å²) in [6.45, 7) is 5.04. The van der Waals surface area contributed by atoms with Gasteiger partial charge in [0.15, 0.2) is 0 Å². The Labute approximate surface area is 97.7 Å². The zero-order chi connectivity index (χ0) is 12.5. The lowest BCUT2D eigenvalue weighted by Gasteiger charge is -2.20. The fourth-order valence-corrected chi connectivity index (χ4v) is 2.13. The molecule has 0 bridgehead atoms. The standard InChI is InChI=1S/C10H14N2O3S/c1-5-8(16-7(3)11-5)9(13)12(4)6(2)10(14)15/h6H,1-4H3,(H,14,15). The summed E-state index contributed by atoms with van der Waals surface area (Å²) >= 11 is 1.28. The lowest BCUT2D eigenvalue weighted by Crippen LogP contribution is -2.40. The Morgan fingerprint density at radius 1 is 1.44 bits per heavy atom. The number of amides is 1. The summed E-state index contributed by atoms with van der Waals surface area (Å²) in [5.74, 6) is -1.31. The van der Waals surface area contributed by atoms with E-state index in [1.54, 1.807) is 6.92 Å². The van der Waals surface area contributed by atoms with Crippen LogP contribution in [0.5, 0.6) is 0 Å². The second kappa shape index (κ2) is 4.61. The Balaban J connectivity index is 2.94. The van der Waals surface area contributed by atoms with Gasteiger partial charge >= 0.3 is 5.97 Å². The van der Waals surface area contributed by atoms with E-state index in [9.17, 15) is 9.59 Å². The Hall–Kier alpha value is -1.43. The quantitative estimate of drug-likeness (QED) is 0.867. The predicted octanol–water partition coefficient (Wildman–Crippen LogP) is 1.31. The van der Waals surface area contributed by atoms with Crippen molar-refractivity contribution >= 4 is 23.2 Å². The molecule has 5 nitrogen and oxygen atoms in total. The summed E-state index contributed by atoms with van der Waals surface area (Å²) in [5, 5.41) is 9.62. The SMILES string of the molecule is Cc1nc(C)c(C(=O)N(C)C(C)C(=O)O)s1. The molecule has 0 radical (unpaired) electrons. The zero-order valence-corrected chi connectivity index (χ0v) is 10.5. The van der Waals surface area contributed by atoms with Crippen LogP contribution in [0, 0.1) is 13.8 Å². The number of carboxylic acid groups (broad SMARTS) is 1. The second-order valence-electron chi connectivity index (χ2n) is 3.58. The van der Waals surface area contributed by atoms with Gasteiger partial charge < -0.3 is 10.0 Å². The zero-order valence-electron chi connectivity index (χ0n) is 9.64. The Kier molecular flexibility index (Phi) is 3.64. The highest BCUT2D eigenvalue weighted by Gasteiger charge is 2.25. The highest BCUT2D eigenvalue weighted by molar-refractivity contribution is 7.13. The second-order valence-corrected chi connectivity index (χ2v) is 4.78. The monoisotopic (exact) mass is 242 g/mol. The summed E-state index contributed by atoms with van der Waals surface area (Å²) in [5.41, 5.74) is 0.650. The molecule has 1 rings (SSSR count). The molecule has 1 aromatic heterocycles. The normalized spacial score (nSPS) is 12.2. The average molecular weight is 242 g/mol. The first-order valence-corrected chi connectivity index (χ1v) is 5.60. The van der Waals surface area contributed by atoms with Crippen LogP contribution in [-0.4, -0.2) is 40.0 Å². The molecule has 0 saturated carbocycles. The van der Waals surface area contributed by atoms with E-state index in [-0.39, 0.29) is 5.91 Å². The lowest BCUT2D eigenvalue weighted by atomic mass is 10.2. The van der Waals surface area contributed by atoms with E-state index in [1.165, 1.54) is 30.2 Å². The number of carboxylic acids is 1. The van der Waals surface area contributed by atoms with Crippen LogP contribution in [0.15, 0.2) is 0 Å². The van der Waals surface area contributed by atoms with E-state index in [0.29, 0.717) is 10.6 Å². The van der Waals surface area contributed by atoms with Crippen molar-refractivity contribution in [3.63, 3.8) is 0 Å². The molecule has 1 heterocycles. The first kappa shape index (κ1) is 12.6. The topological polar surface area (TPSA) is 70.5 Å². The van der Waals surface area contributed by atoms with Gasteiger partial charge in [-0.15, -0.1) is 11.3 Å².